The van der Waals surface area contributed by atoms with Crippen LogP contribution in [0.3, 0.4) is 0 Å². The maximum absolute atomic E-state index is 11.8. The number of aryl methyl sites for hydroxylation is 1. The predicted octanol–water partition coefficient (Wildman–Crippen LogP) is 2.26. The minimum absolute atomic E-state index is 0.109. The minimum Gasteiger partial charge on any atom is -0.481 e. The van der Waals surface area contributed by atoms with Crippen molar-refractivity contribution in [3.8, 4) is 0 Å². The second-order valence-electron chi connectivity index (χ2n) is 5.14. The van der Waals surface area contributed by atoms with Gasteiger partial charge in [0.25, 0.3) is 0 Å². The van der Waals surface area contributed by atoms with E-state index in [1.54, 1.807) is 10.6 Å². The largest absolute Gasteiger partial charge is 0.481 e. The van der Waals surface area contributed by atoms with Gasteiger partial charge in [-0.1, -0.05) is 13.0 Å². The zero-order valence-electron chi connectivity index (χ0n) is 12.0. The van der Waals surface area contributed by atoms with Gasteiger partial charge in [0.2, 0.25) is 0 Å². The molecule has 1 aromatic carbocycles. The van der Waals surface area contributed by atoms with Crippen LogP contribution in [0.1, 0.15) is 44.2 Å². The molecule has 6 nitrogen and oxygen atoms in total. The maximum Gasteiger partial charge on any atom is 0.419 e. The summed E-state index contributed by atoms with van der Waals surface area (Å²) in [7, 11) is 0. The molecule has 0 aliphatic carbocycles. The van der Waals surface area contributed by atoms with E-state index in [1.165, 1.54) is 0 Å². The number of nitrogens with zero attached hydrogens (tertiary/aromatic N) is 1. The molecule has 0 saturated carbocycles. The van der Waals surface area contributed by atoms with Crippen LogP contribution >= 0.6 is 0 Å². The van der Waals surface area contributed by atoms with Gasteiger partial charge >= 0.3 is 11.7 Å². The van der Waals surface area contributed by atoms with Gasteiger partial charge in [0, 0.05) is 19.0 Å². The third-order valence-electron chi connectivity index (χ3n) is 3.47. The lowest BCUT2D eigenvalue weighted by atomic mass is 10.0. The lowest BCUT2D eigenvalue weighted by Crippen LogP contribution is -2.13. The summed E-state index contributed by atoms with van der Waals surface area (Å²) in [4.78, 5) is 22.3. The summed E-state index contributed by atoms with van der Waals surface area (Å²) in [5, 5.41) is 8.63. The fraction of sp³-hybridized carbons (Fsp3) is 0.467. The van der Waals surface area contributed by atoms with Crippen molar-refractivity contribution in [2.75, 3.05) is 0 Å². The predicted molar refractivity (Wildman–Crippen MR) is 79.2 cm³/mol. The number of rotatable bonds is 7. The molecule has 1 heterocycles. The number of carboxylic acids is 1. The number of aromatic nitrogens is 1. The first-order chi connectivity index (χ1) is 10.0. The molecule has 0 aliphatic heterocycles. The highest BCUT2D eigenvalue weighted by atomic mass is 16.4. The molecule has 0 saturated heterocycles. The van der Waals surface area contributed by atoms with Crippen LogP contribution in [0, 0.1) is 0 Å². The Kier molecular flexibility index (Phi) is 4.80. The van der Waals surface area contributed by atoms with E-state index in [9.17, 15) is 9.59 Å². The van der Waals surface area contributed by atoms with Gasteiger partial charge in [0.05, 0.1) is 5.52 Å². The SMILES string of the molecule is CCCn1c(=O)oc2cc(C(N)CCCC(=O)O)ccc21. The molecule has 6 heteroatoms. The molecule has 1 aromatic heterocycles. The number of fused-ring (bicyclic) bond motifs is 1. The number of benzene rings is 1. The molecule has 1 atom stereocenters. The van der Waals surface area contributed by atoms with Crippen LogP contribution in [0.15, 0.2) is 27.4 Å². The van der Waals surface area contributed by atoms with Gasteiger partial charge < -0.3 is 15.3 Å². The highest BCUT2D eigenvalue weighted by molar-refractivity contribution is 5.74. The van der Waals surface area contributed by atoms with Crippen molar-refractivity contribution in [3.63, 3.8) is 0 Å². The molecular weight excluding hydrogens is 272 g/mol. The number of nitrogens with two attached hydrogens (primary N) is 1. The van der Waals surface area contributed by atoms with E-state index in [0.29, 0.717) is 25.0 Å². The fourth-order valence-corrected chi connectivity index (χ4v) is 2.39. The van der Waals surface area contributed by atoms with Crippen LogP contribution in [0.25, 0.3) is 11.1 Å². The molecule has 0 radical (unpaired) electrons. The van der Waals surface area contributed by atoms with E-state index in [1.807, 2.05) is 19.1 Å². The number of carboxylic acid groups (broad SMARTS) is 1. The van der Waals surface area contributed by atoms with Gasteiger partial charge in [-0.05, 0) is 37.0 Å². The Balaban J connectivity index is 2.19. The summed E-state index contributed by atoms with van der Waals surface area (Å²) in [6.07, 6.45) is 2.07. The molecule has 1 unspecified atom stereocenters. The molecule has 3 N–H and O–H groups in total. The third-order valence-corrected chi connectivity index (χ3v) is 3.47. The Morgan fingerprint density at radius 3 is 2.90 bits per heavy atom. The number of aliphatic carboxylic acids is 1. The monoisotopic (exact) mass is 292 g/mol. The summed E-state index contributed by atoms with van der Waals surface area (Å²) in [6, 6.07) is 5.22. The van der Waals surface area contributed by atoms with Crippen LogP contribution in [0.4, 0.5) is 0 Å². The van der Waals surface area contributed by atoms with E-state index in [2.05, 4.69) is 0 Å². The molecule has 2 rings (SSSR count). The van der Waals surface area contributed by atoms with E-state index in [4.69, 9.17) is 15.3 Å². The number of carbonyl (C=O) groups is 1. The molecule has 0 fully saturated rings. The van der Waals surface area contributed by atoms with Gasteiger partial charge in [0.1, 0.15) is 0 Å². The van der Waals surface area contributed by atoms with Crippen molar-refractivity contribution >= 4 is 17.1 Å². The zero-order valence-corrected chi connectivity index (χ0v) is 12.0. The van der Waals surface area contributed by atoms with Crippen molar-refractivity contribution in [1.82, 2.24) is 4.57 Å². The lowest BCUT2D eigenvalue weighted by Gasteiger charge is -2.11. The quantitative estimate of drug-likeness (QED) is 0.815. The Morgan fingerprint density at radius 2 is 2.24 bits per heavy atom. The van der Waals surface area contributed by atoms with Gasteiger partial charge in [-0.3, -0.25) is 9.36 Å². The van der Waals surface area contributed by atoms with Crippen LogP contribution < -0.4 is 11.5 Å². The van der Waals surface area contributed by atoms with Crippen molar-refractivity contribution < 1.29 is 14.3 Å². The Bertz CT molecular complexity index is 687. The minimum atomic E-state index is -0.819. The normalized spacial score (nSPS) is 12.7. The second kappa shape index (κ2) is 6.58. The van der Waals surface area contributed by atoms with Gasteiger partial charge in [-0.2, -0.15) is 0 Å². The summed E-state index contributed by atoms with van der Waals surface area (Å²) in [6.45, 7) is 2.62. The molecular formula is C15H20N2O4. The van der Waals surface area contributed by atoms with Gasteiger partial charge in [-0.15, -0.1) is 0 Å². The molecule has 21 heavy (non-hydrogen) atoms. The molecule has 0 bridgehead atoms. The van der Waals surface area contributed by atoms with Crippen LogP contribution in [0.2, 0.25) is 0 Å². The van der Waals surface area contributed by atoms with E-state index in [0.717, 1.165) is 17.5 Å². The second-order valence-corrected chi connectivity index (χ2v) is 5.14. The average Bonchev–Trinajstić information content (AvgIpc) is 2.74. The third kappa shape index (κ3) is 3.52. The molecule has 2 aromatic rings. The van der Waals surface area contributed by atoms with Crippen molar-refractivity contribution in [3.05, 3.63) is 34.3 Å². The number of hydrogen-bond acceptors (Lipinski definition) is 4. The van der Waals surface area contributed by atoms with Crippen molar-refractivity contribution in [1.29, 1.82) is 0 Å². The topological polar surface area (TPSA) is 98.5 Å². The fourth-order valence-electron chi connectivity index (χ4n) is 2.39. The molecule has 0 aliphatic rings. The zero-order chi connectivity index (χ0) is 15.4. The Hall–Kier alpha value is -2.08. The summed E-state index contributed by atoms with van der Waals surface area (Å²) >= 11 is 0. The van der Waals surface area contributed by atoms with Gasteiger partial charge in [-0.25, -0.2) is 4.79 Å². The standard InChI is InChI=1S/C15H20N2O4/c1-2-8-17-12-7-6-10(9-13(12)21-15(17)20)11(16)4-3-5-14(18)19/h6-7,9,11H,2-5,8,16H2,1H3,(H,18,19). The van der Waals surface area contributed by atoms with E-state index >= 15 is 0 Å². The lowest BCUT2D eigenvalue weighted by molar-refractivity contribution is -0.137. The Morgan fingerprint density at radius 1 is 1.48 bits per heavy atom. The summed E-state index contributed by atoms with van der Waals surface area (Å²) in [5.74, 6) is -1.18. The van der Waals surface area contributed by atoms with Crippen molar-refractivity contribution in [2.45, 2.75) is 45.2 Å². The molecule has 114 valence electrons. The van der Waals surface area contributed by atoms with E-state index in [-0.39, 0.29) is 18.2 Å². The van der Waals surface area contributed by atoms with Crippen molar-refractivity contribution in [2.24, 2.45) is 5.73 Å². The smallest absolute Gasteiger partial charge is 0.419 e. The first kappa shape index (κ1) is 15.3. The average molecular weight is 292 g/mol. The first-order valence-electron chi connectivity index (χ1n) is 7.13. The van der Waals surface area contributed by atoms with Crippen LogP contribution in [0.5, 0.6) is 0 Å². The first-order valence-corrected chi connectivity index (χ1v) is 7.13. The van der Waals surface area contributed by atoms with Gasteiger partial charge in [0.15, 0.2) is 5.58 Å². The number of oxazole rings is 1. The summed E-state index contributed by atoms with van der Waals surface area (Å²) < 4.78 is 6.85. The highest BCUT2D eigenvalue weighted by Crippen LogP contribution is 2.22. The van der Waals surface area contributed by atoms with E-state index < -0.39 is 5.97 Å². The molecule has 0 amide bonds. The number of hydrogen-bond donors (Lipinski definition) is 2. The summed E-state index contributed by atoms with van der Waals surface area (Å²) in [5.41, 5.74) is 8.20. The molecule has 0 spiro atoms. The Labute approximate surface area is 122 Å². The van der Waals surface area contributed by atoms with Crippen LogP contribution in [-0.2, 0) is 11.3 Å². The van der Waals surface area contributed by atoms with Crippen LogP contribution in [-0.4, -0.2) is 15.6 Å². The maximum atomic E-state index is 11.8. The highest BCUT2D eigenvalue weighted by Gasteiger charge is 2.12.